The first-order valence-corrected chi connectivity index (χ1v) is 8.02. The molecule has 0 N–H and O–H groups in total. The van der Waals surface area contributed by atoms with Crippen LogP contribution in [-0.2, 0) is 10.2 Å². The fourth-order valence-corrected chi connectivity index (χ4v) is 3.12. The van der Waals surface area contributed by atoms with Crippen molar-refractivity contribution in [1.82, 2.24) is 0 Å². The lowest BCUT2D eigenvalue weighted by Crippen LogP contribution is -2.39. The Bertz CT molecular complexity index is 683. The lowest BCUT2D eigenvalue weighted by molar-refractivity contribution is -0.121. The molecule has 2 heteroatoms. The summed E-state index contributed by atoms with van der Waals surface area (Å²) in [5, 5.41) is 0. The average molecular weight is 293 g/mol. The lowest BCUT2D eigenvalue weighted by Gasteiger charge is -2.27. The summed E-state index contributed by atoms with van der Waals surface area (Å²) < 4.78 is 0. The van der Waals surface area contributed by atoms with Gasteiger partial charge in [0, 0.05) is 12.2 Å². The topological polar surface area (TPSA) is 20.3 Å². The predicted molar refractivity (Wildman–Crippen MR) is 91.3 cm³/mol. The summed E-state index contributed by atoms with van der Waals surface area (Å²) in [7, 11) is 0. The van der Waals surface area contributed by atoms with Gasteiger partial charge in [-0.05, 0) is 56.9 Å². The Morgan fingerprint density at radius 3 is 2.27 bits per heavy atom. The first kappa shape index (κ1) is 14.8. The van der Waals surface area contributed by atoms with Crippen LogP contribution in [0.4, 0.5) is 5.69 Å². The molecule has 0 saturated heterocycles. The molecule has 3 rings (SSSR count). The maximum absolute atomic E-state index is 13.2. The number of hydrogen-bond acceptors (Lipinski definition) is 1. The molecule has 1 fully saturated rings. The Balaban J connectivity index is 1.93. The number of carbonyl (C=O) groups excluding carboxylic acids is 1. The van der Waals surface area contributed by atoms with E-state index in [1.807, 2.05) is 24.0 Å². The van der Waals surface area contributed by atoms with Crippen LogP contribution < -0.4 is 4.90 Å². The molecule has 0 bridgehead atoms. The summed E-state index contributed by atoms with van der Waals surface area (Å²) in [6.07, 6.45) is 1.91. The second-order valence-electron chi connectivity index (χ2n) is 6.34. The normalized spacial score (nSPS) is 15.4. The smallest absolute Gasteiger partial charge is 0.237 e. The van der Waals surface area contributed by atoms with E-state index in [0.717, 1.165) is 24.1 Å². The highest BCUT2D eigenvalue weighted by Crippen LogP contribution is 2.50. The van der Waals surface area contributed by atoms with E-state index in [9.17, 15) is 4.79 Å². The number of nitrogens with zero attached hydrogens (tertiary/aromatic N) is 1. The van der Waals surface area contributed by atoms with E-state index in [2.05, 4.69) is 50.2 Å². The molecule has 0 aromatic heterocycles. The fourth-order valence-electron chi connectivity index (χ4n) is 3.12. The van der Waals surface area contributed by atoms with Crippen molar-refractivity contribution >= 4 is 11.6 Å². The minimum atomic E-state index is -0.298. The van der Waals surface area contributed by atoms with E-state index in [1.165, 1.54) is 11.1 Å². The van der Waals surface area contributed by atoms with Crippen LogP contribution in [0.1, 0.15) is 36.5 Å². The molecular weight excluding hydrogens is 270 g/mol. The minimum Gasteiger partial charge on any atom is -0.312 e. The van der Waals surface area contributed by atoms with Crippen LogP contribution in [0.2, 0.25) is 0 Å². The van der Waals surface area contributed by atoms with Crippen LogP contribution in [-0.4, -0.2) is 12.5 Å². The Hall–Kier alpha value is -2.09. The van der Waals surface area contributed by atoms with Gasteiger partial charge in [-0.2, -0.15) is 0 Å². The number of carbonyl (C=O) groups is 1. The molecule has 0 unspecified atom stereocenters. The van der Waals surface area contributed by atoms with Crippen LogP contribution in [0, 0.1) is 13.8 Å². The molecule has 1 saturated carbocycles. The van der Waals surface area contributed by atoms with Gasteiger partial charge in [-0.3, -0.25) is 4.79 Å². The molecule has 22 heavy (non-hydrogen) atoms. The molecule has 114 valence electrons. The van der Waals surface area contributed by atoms with Gasteiger partial charge in [-0.1, -0.05) is 42.0 Å². The zero-order valence-corrected chi connectivity index (χ0v) is 13.6. The van der Waals surface area contributed by atoms with Crippen LogP contribution >= 0.6 is 0 Å². The number of hydrogen-bond donors (Lipinski definition) is 0. The largest absolute Gasteiger partial charge is 0.312 e. The van der Waals surface area contributed by atoms with Gasteiger partial charge < -0.3 is 4.90 Å². The molecular formula is C20H23NO. The first-order valence-electron chi connectivity index (χ1n) is 8.02. The maximum Gasteiger partial charge on any atom is 0.237 e. The highest BCUT2D eigenvalue weighted by molar-refractivity contribution is 6.03. The van der Waals surface area contributed by atoms with Gasteiger partial charge in [-0.25, -0.2) is 0 Å². The fraction of sp³-hybridized carbons (Fsp3) is 0.350. The Kier molecular flexibility index (Phi) is 3.78. The van der Waals surface area contributed by atoms with Gasteiger partial charge >= 0.3 is 0 Å². The number of anilines is 1. The number of amides is 1. The second-order valence-corrected chi connectivity index (χ2v) is 6.34. The molecule has 1 aliphatic carbocycles. The van der Waals surface area contributed by atoms with Gasteiger partial charge in [0.2, 0.25) is 5.91 Å². The number of rotatable bonds is 4. The Labute approximate surface area is 132 Å². The van der Waals surface area contributed by atoms with E-state index in [0.29, 0.717) is 6.54 Å². The van der Waals surface area contributed by atoms with Crippen molar-refractivity contribution in [3.05, 3.63) is 65.2 Å². The van der Waals surface area contributed by atoms with Crippen molar-refractivity contribution in [2.75, 3.05) is 11.4 Å². The van der Waals surface area contributed by atoms with E-state index in [1.54, 1.807) is 0 Å². The zero-order chi connectivity index (χ0) is 15.7. The summed E-state index contributed by atoms with van der Waals surface area (Å²) in [6, 6.07) is 16.6. The van der Waals surface area contributed by atoms with E-state index in [4.69, 9.17) is 0 Å². The summed E-state index contributed by atoms with van der Waals surface area (Å²) >= 11 is 0. The first-order chi connectivity index (χ1) is 10.6. The molecule has 2 aromatic carbocycles. The predicted octanol–water partition coefficient (Wildman–Crippen LogP) is 4.39. The zero-order valence-electron chi connectivity index (χ0n) is 13.6. The Morgan fingerprint density at radius 1 is 1.05 bits per heavy atom. The number of likely N-dealkylation sites (N-methyl/N-ethyl adjacent to an activating group) is 1. The van der Waals surface area contributed by atoms with Crippen LogP contribution in [0.3, 0.4) is 0 Å². The molecule has 1 amide bonds. The SMILES string of the molecule is CCN(C(=O)C1(c2ccc(C)cc2)CC1)c1cccc(C)c1. The van der Waals surface area contributed by atoms with Crippen molar-refractivity contribution in [3.63, 3.8) is 0 Å². The molecule has 0 atom stereocenters. The number of benzene rings is 2. The summed E-state index contributed by atoms with van der Waals surface area (Å²) in [5.41, 5.74) is 4.29. The van der Waals surface area contributed by atoms with Crippen LogP contribution in [0.25, 0.3) is 0 Å². The average Bonchev–Trinajstić information content (AvgIpc) is 3.30. The molecule has 2 aromatic rings. The number of aryl methyl sites for hydroxylation is 2. The molecule has 1 aliphatic rings. The highest BCUT2D eigenvalue weighted by Gasteiger charge is 2.52. The Morgan fingerprint density at radius 2 is 1.73 bits per heavy atom. The van der Waals surface area contributed by atoms with Crippen molar-refractivity contribution in [2.24, 2.45) is 0 Å². The second kappa shape index (κ2) is 5.60. The van der Waals surface area contributed by atoms with Crippen LogP contribution in [0.5, 0.6) is 0 Å². The van der Waals surface area contributed by atoms with Crippen molar-refractivity contribution in [3.8, 4) is 0 Å². The van der Waals surface area contributed by atoms with Gasteiger partial charge in [-0.15, -0.1) is 0 Å². The third-order valence-electron chi connectivity index (χ3n) is 4.64. The van der Waals surface area contributed by atoms with Crippen molar-refractivity contribution in [2.45, 2.75) is 39.0 Å². The van der Waals surface area contributed by atoms with Crippen molar-refractivity contribution < 1.29 is 4.79 Å². The van der Waals surface area contributed by atoms with E-state index >= 15 is 0 Å². The third kappa shape index (κ3) is 2.54. The molecule has 0 aliphatic heterocycles. The summed E-state index contributed by atoms with van der Waals surface area (Å²) in [5.74, 6) is 0.240. The molecule has 0 spiro atoms. The quantitative estimate of drug-likeness (QED) is 0.818. The van der Waals surface area contributed by atoms with Gasteiger partial charge in [0.25, 0.3) is 0 Å². The van der Waals surface area contributed by atoms with E-state index < -0.39 is 0 Å². The van der Waals surface area contributed by atoms with Gasteiger partial charge in [0.15, 0.2) is 0 Å². The van der Waals surface area contributed by atoms with E-state index in [-0.39, 0.29) is 11.3 Å². The maximum atomic E-state index is 13.2. The van der Waals surface area contributed by atoms with Crippen LogP contribution in [0.15, 0.2) is 48.5 Å². The lowest BCUT2D eigenvalue weighted by atomic mass is 9.93. The standard InChI is InChI=1S/C20H23NO/c1-4-21(18-7-5-6-16(3)14-18)19(22)20(12-13-20)17-10-8-15(2)9-11-17/h5-11,14H,4,12-13H2,1-3H3. The summed E-state index contributed by atoms with van der Waals surface area (Å²) in [6.45, 7) is 6.90. The minimum absolute atomic E-state index is 0.240. The summed E-state index contributed by atoms with van der Waals surface area (Å²) in [4.78, 5) is 15.1. The van der Waals surface area contributed by atoms with Gasteiger partial charge in [0.1, 0.15) is 0 Å². The molecule has 0 radical (unpaired) electrons. The highest BCUT2D eigenvalue weighted by atomic mass is 16.2. The van der Waals surface area contributed by atoms with Gasteiger partial charge in [0.05, 0.1) is 5.41 Å². The van der Waals surface area contributed by atoms with Crippen molar-refractivity contribution in [1.29, 1.82) is 0 Å². The monoisotopic (exact) mass is 293 g/mol. The molecule has 2 nitrogen and oxygen atoms in total. The molecule has 0 heterocycles. The third-order valence-corrected chi connectivity index (χ3v) is 4.64.